The van der Waals surface area contributed by atoms with E-state index >= 15 is 0 Å². The van der Waals surface area contributed by atoms with E-state index in [2.05, 4.69) is 6.07 Å². The van der Waals surface area contributed by atoms with Crippen LogP contribution >= 0.6 is 0 Å². The smallest absolute Gasteiger partial charge is 0.0935 e. The van der Waals surface area contributed by atoms with Crippen LogP contribution in [0.15, 0.2) is 6.07 Å². The van der Waals surface area contributed by atoms with Crippen LogP contribution in [0.2, 0.25) is 0 Å². The first kappa shape index (κ1) is 15.0. The molecular weight excluding hydrogens is 244 g/mol. The third kappa shape index (κ3) is 4.00. The summed E-state index contributed by atoms with van der Waals surface area (Å²) < 4.78 is 49.7. The number of aryl methyl sites for hydroxylation is 4. The zero-order valence-electron chi connectivity index (χ0n) is 10.2. The van der Waals surface area contributed by atoms with Gasteiger partial charge in [-0.15, -0.1) is 0 Å². The summed E-state index contributed by atoms with van der Waals surface area (Å²) in [6.07, 6.45) is 0.622. The van der Waals surface area contributed by atoms with Gasteiger partial charge in [0.2, 0.25) is 0 Å². The molecule has 0 atom stereocenters. The Morgan fingerprint density at radius 1 is 0.667 bits per heavy atom. The molecule has 0 aliphatic carbocycles. The van der Waals surface area contributed by atoms with E-state index in [4.69, 9.17) is 0 Å². The van der Waals surface area contributed by atoms with Gasteiger partial charge in [0.1, 0.15) is 0 Å². The van der Waals surface area contributed by atoms with Crippen molar-refractivity contribution >= 4 is 0 Å². The molecule has 0 aliphatic rings. The summed E-state index contributed by atoms with van der Waals surface area (Å²) >= 11 is 0. The maximum absolute atomic E-state index is 12.4. The molecule has 0 N–H and O–H groups in total. The lowest BCUT2D eigenvalue weighted by Crippen LogP contribution is -2.05. The number of halogens is 4. The molecule has 1 rings (SSSR count). The van der Waals surface area contributed by atoms with Gasteiger partial charge in [-0.05, 0) is 28.3 Å². The SMILES string of the molecule is FCCc1[c]c(CCF)c(CCF)cc1CCF. The Morgan fingerprint density at radius 2 is 1.06 bits per heavy atom. The molecule has 0 bridgehead atoms. The van der Waals surface area contributed by atoms with Crippen molar-refractivity contribution in [3.05, 3.63) is 34.4 Å². The molecule has 0 amide bonds. The van der Waals surface area contributed by atoms with E-state index in [-0.39, 0.29) is 25.7 Å². The number of benzene rings is 1. The number of hydrogen-bond donors (Lipinski definition) is 0. The summed E-state index contributed by atoms with van der Waals surface area (Å²) in [4.78, 5) is 0. The molecule has 4 heteroatoms. The van der Waals surface area contributed by atoms with Crippen molar-refractivity contribution < 1.29 is 17.6 Å². The zero-order valence-corrected chi connectivity index (χ0v) is 10.2. The van der Waals surface area contributed by atoms with Crippen molar-refractivity contribution in [2.45, 2.75) is 25.7 Å². The summed E-state index contributed by atoms with van der Waals surface area (Å²) in [5, 5.41) is 0. The second-order valence-corrected chi connectivity index (χ2v) is 4.03. The minimum absolute atomic E-state index is 0.143. The fraction of sp³-hybridized carbons (Fsp3) is 0.571. The lowest BCUT2D eigenvalue weighted by molar-refractivity contribution is 0.476. The normalized spacial score (nSPS) is 10.9. The highest BCUT2D eigenvalue weighted by atomic mass is 19.1. The third-order valence-electron chi connectivity index (χ3n) is 2.84. The molecular formula is C14H17F4. The second kappa shape index (κ2) is 8.11. The summed E-state index contributed by atoms with van der Waals surface area (Å²) in [7, 11) is 0. The standard InChI is InChI=1S/C14H17F4/c15-5-1-11-9-13(3-7-17)14(4-8-18)10-12(11)2-6-16/h9H,1-8H2. The minimum Gasteiger partial charge on any atom is -0.251 e. The summed E-state index contributed by atoms with van der Waals surface area (Å²) in [6, 6.07) is 4.61. The van der Waals surface area contributed by atoms with Crippen molar-refractivity contribution in [3.63, 3.8) is 0 Å². The van der Waals surface area contributed by atoms with E-state index in [9.17, 15) is 17.6 Å². The highest BCUT2D eigenvalue weighted by molar-refractivity contribution is 5.38. The van der Waals surface area contributed by atoms with Crippen molar-refractivity contribution in [2.24, 2.45) is 0 Å². The van der Waals surface area contributed by atoms with Crippen LogP contribution in [0, 0.1) is 6.07 Å². The van der Waals surface area contributed by atoms with Gasteiger partial charge in [-0.2, -0.15) is 0 Å². The van der Waals surface area contributed by atoms with Gasteiger partial charge in [0.25, 0.3) is 0 Å². The van der Waals surface area contributed by atoms with Crippen molar-refractivity contribution in [1.82, 2.24) is 0 Å². The number of alkyl halides is 4. The Bertz CT molecular complexity index is 297. The highest BCUT2D eigenvalue weighted by Crippen LogP contribution is 2.20. The fourth-order valence-corrected chi connectivity index (χ4v) is 2.01. The maximum Gasteiger partial charge on any atom is 0.0935 e. The van der Waals surface area contributed by atoms with Crippen LogP contribution in [0.4, 0.5) is 17.6 Å². The van der Waals surface area contributed by atoms with E-state index in [1.54, 1.807) is 6.07 Å². The topological polar surface area (TPSA) is 0 Å². The highest BCUT2D eigenvalue weighted by Gasteiger charge is 2.10. The van der Waals surface area contributed by atoms with Gasteiger partial charge in [0, 0.05) is 25.7 Å². The molecule has 18 heavy (non-hydrogen) atoms. The first-order chi connectivity index (χ1) is 8.76. The van der Waals surface area contributed by atoms with Crippen LogP contribution in [-0.4, -0.2) is 26.7 Å². The van der Waals surface area contributed by atoms with Crippen LogP contribution in [0.3, 0.4) is 0 Å². The lowest BCUT2D eigenvalue weighted by atomic mass is 9.92. The molecule has 1 aromatic carbocycles. The molecule has 1 radical (unpaired) electrons. The third-order valence-corrected chi connectivity index (χ3v) is 2.84. The van der Waals surface area contributed by atoms with Gasteiger partial charge in [-0.25, -0.2) is 0 Å². The largest absolute Gasteiger partial charge is 0.251 e. The Hall–Kier alpha value is -1.06. The van der Waals surface area contributed by atoms with Crippen LogP contribution < -0.4 is 0 Å². The van der Waals surface area contributed by atoms with Crippen LogP contribution in [-0.2, 0) is 25.7 Å². The summed E-state index contributed by atoms with van der Waals surface area (Å²) in [6.45, 7) is -2.23. The van der Waals surface area contributed by atoms with Crippen LogP contribution in [0.25, 0.3) is 0 Å². The van der Waals surface area contributed by atoms with E-state index in [1.165, 1.54) is 0 Å². The van der Waals surface area contributed by atoms with Gasteiger partial charge in [-0.3, -0.25) is 17.6 Å². The second-order valence-electron chi connectivity index (χ2n) is 4.03. The first-order valence-electron chi connectivity index (χ1n) is 6.06. The van der Waals surface area contributed by atoms with Gasteiger partial charge in [0.15, 0.2) is 0 Å². The quantitative estimate of drug-likeness (QED) is 0.628. The van der Waals surface area contributed by atoms with Crippen molar-refractivity contribution in [1.29, 1.82) is 0 Å². The molecule has 0 saturated heterocycles. The first-order valence-corrected chi connectivity index (χ1v) is 6.06. The molecule has 0 unspecified atom stereocenters. The average Bonchev–Trinajstić information content (AvgIpc) is 2.35. The zero-order chi connectivity index (χ0) is 13.4. The maximum atomic E-state index is 12.4. The monoisotopic (exact) mass is 261 g/mol. The molecule has 0 spiro atoms. The molecule has 0 heterocycles. The molecule has 0 fully saturated rings. The molecule has 0 aromatic heterocycles. The van der Waals surface area contributed by atoms with Gasteiger partial charge in [-0.1, -0.05) is 6.07 Å². The van der Waals surface area contributed by atoms with Gasteiger partial charge >= 0.3 is 0 Å². The van der Waals surface area contributed by atoms with E-state index < -0.39 is 26.7 Å². The Balaban J connectivity index is 3.11. The predicted molar refractivity (Wildman–Crippen MR) is 64.0 cm³/mol. The average molecular weight is 261 g/mol. The molecule has 1 aromatic rings. The van der Waals surface area contributed by atoms with Crippen LogP contribution in [0.5, 0.6) is 0 Å². The summed E-state index contributed by atoms with van der Waals surface area (Å²) in [5.74, 6) is 0. The molecule has 0 saturated carbocycles. The minimum atomic E-state index is -0.562. The number of rotatable bonds is 8. The molecule has 0 aliphatic heterocycles. The van der Waals surface area contributed by atoms with Crippen molar-refractivity contribution in [2.75, 3.05) is 26.7 Å². The van der Waals surface area contributed by atoms with Gasteiger partial charge < -0.3 is 0 Å². The molecule has 101 valence electrons. The Morgan fingerprint density at radius 3 is 1.39 bits per heavy atom. The fourth-order valence-electron chi connectivity index (χ4n) is 2.01. The summed E-state index contributed by atoms with van der Waals surface area (Å²) in [5.41, 5.74) is 2.48. The Labute approximate surface area is 105 Å². The van der Waals surface area contributed by atoms with E-state index in [0.717, 1.165) is 0 Å². The lowest BCUT2D eigenvalue weighted by Gasteiger charge is -2.13. The molecule has 0 nitrogen and oxygen atoms in total. The van der Waals surface area contributed by atoms with Gasteiger partial charge in [0.05, 0.1) is 26.7 Å². The number of hydrogen-bond acceptors (Lipinski definition) is 0. The Kier molecular flexibility index (Phi) is 6.76. The van der Waals surface area contributed by atoms with E-state index in [1.807, 2.05) is 0 Å². The van der Waals surface area contributed by atoms with Crippen molar-refractivity contribution in [3.8, 4) is 0 Å². The predicted octanol–water partition coefficient (Wildman–Crippen LogP) is 3.53. The van der Waals surface area contributed by atoms with E-state index in [0.29, 0.717) is 22.3 Å². The van der Waals surface area contributed by atoms with Crippen LogP contribution in [0.1, 0.15) is 22.3 Å².